The van der Waals surface area contributed by atoms with Gasteiger partial charge in [0.05, 0.1) is 7.11 Å². The first-order valence-corrected chi connectivity index (χ1v) is 6.79. The van der Waals surface area contributed by atoms with Crippen LogP contribution >= 0.6 is 0 Å². The van der Waals surface area contributed by atoms with Gasteiger partial charge in [-0.15, -0.1) is 0 Å². The number of aromatic nitrogens is 1. The average Bonchev–Trinajstić information content (AvgIpc) is 2.78. The van der Waals surface area contributed by atoms with E-state index in [4.69, 9.17) is 4.74 Å². The molecule has 0 saturated carbocycles. The Morgan fingerprint density at radius 1 is 1.33 bits per heavy atom. The second-order valence-corrected chi connectivity index (χ2v) is 5.26. The summed E-state index contributed by atoms with van der Waals surface area (Å²) < 4.78 is 6.98. The van der Waals surface area contributed by atoms with Gasteiger partial charge in [-0.3, -0.25) is 0 Å². The molecular weight excluding hydrogens is 226 g/mol. The quantitative estimate of drug-likeness (QED) is 0.719. The van der Waals surface area contributed by atoms with Gasteiger partial charge in [-0.2, -0.15) is 0 Å². The highest BCUT2D eigenvalue weighted by atomic mass is 16.5. The number of carbonyl (C=O) groups excluding carboxylic acids is 1. The van der Waals surface area contributed by atoms with Crippen LogP contribution in [-0.2, 0) is 11.2 Å². The minimum absolute atomic E-state index is 0.244. The summed E-state index contributed by atoms with van der Waals surface area (Å²) in [5, 5.41) is 0. The number of carbonyl (C=O) groups is 1. The molecule has 0 aliphatic rings. The van der Waals surface area contributed by atoms with Crippen molar-refractivity contribution < 1.29 is 9.53 Å². The van der Waals surface area contributed by atoms with Crippen molar-refractivity contribution in [3.8, 4) is 0 Å². The van der Waals surface area contributed by atoms with Crippen molar-refractivity contribution in [2.24, 2.45) is 5.92 Å². The number of esters is 1. The van der Waals surface area contributed by atoms with Crippen LogP contribution in [0.1, 0.15) is 62.8 Å². The minimum Gasteiger partial charge on any atom is -0.464 e. The highest BCUT2D eigenvalue weighted by Crippen LogP contribution is 2.22. The molecule has 1 aromatic rings. The lowest BCUT2D eigenvalue weighted by atomic mass is 10.1. The van der Waals surface area contributed by atoms with E-state index < -0.39 is 0 Å². The van der Waals surface area contributed by atoms with Crippen molar-refractivity contribution >= 4 is 5.97 Å². The molecule has 1 aromatic heterocycles. The molecule has 1 rings (SSSR count). The van der Waals surface area contributed by atoms with Crippen molar-refractivity contribution in [2.45, 2.75) is 53.0 Å². The van der Waals surface area contributed by atoms with E-state index in [1.54, 1.807) is 0 Å². The normalized spacial score (nSPS) is 12.8. The van der Waals surface area contributed by atoms with E-state index in [1.807, 2.05) is 6.07 Å². The fraction of sp³-hybridized carbons (Fsp3) is 0.667. The summed E-state index contributed by atoms with van der Waals surface area (Å²) in [5.41, 5.74) is 1.91. The maximum absolute atomic E-state index is 11.8. The first-order chi connectivity index (χ1) is 8.51. The predicted octanol–water partition coefficient (Wildman–Crippen LogP) is 3.83. The molecule has 1 unspecified atom stereocenters. The first-order valence-electron chi connectivity index (χ1n) is 6.79. The Hall–Kier alpha value is -1.25. The van der Waals surface area contributed by atoms with Gasteiger partial charge in [-0.25, -0.2) is 4.79 Å². The maximum Gasteiger partial charge on any atom is 0.354 e. The molecule has 18 heavy (non-hydrogen) atoms. The Labute approximate surface area is 110 Å². The van der Waals surface area contributed by atoms with Gasteiger partial charge in [0.25, 0.3) is 0 Å². The zero-order chi connectivity index (χ0) is 13.7. The topological polar surface area (TPSA) is 31.2 Å². The molecular formula is C15H25NO2. The van der Waals surface area contributed by atoms with Gasteiger partial charge in [0.1, 0.15) is 5.69 Å². The first kappa shape index (κ1) is 14.8. The third-order valence-corrected chi connectivity index (χ3v) is 3.41. The predicted molar refractivity (Wildman–Crippen MR) is 73.9 cm³/mol. The van der Waals surface area contributed by atoms with E-state index in [9.17, 15) is 4.79 Å². The lowest BCUT2D eigenvalue weighted by Crippen LogP contribution is -2.16. The number of ether oxygens (including phenoxy) is 1. The van der Waals surface area contributed by atoms with Crippen molar-refractivity contribution in [3.05, 3.63) is 23.5 Å². The van der Waals surface area contributed by atoms with Crippen molar-refractivity contribution in [1.82, 2.24) is 4.57 Å². The fourth-order valence-corrected chi connectivity index (χ4v) is 2.10. The lowest BCUT2D eigenvalue weighted by Gasteiger charge is -2.19. The molecule has 0 spiro atoms. The van der Waals surface area contributed by atoms with Gasteiger partial charge in [0.15, 0.2) is 0 Å². The summed E-state index contributed by atoms with van der Waals surface area (Å²) in [5.74, 6) is 0.429. The number of hydrogen-bond donors (Lipinski definition) is 0. The standard InChI is InChI=1S/C15H25NO2/c1-6-12(4)16-13(8-7-11(2)3)9-10-14(16)15(17)18-5/h9-12H,6-8H2,1-5H3. The Morgan fingerprint density at radius 3 is 2.50 bits per heavy atom. The SMILES string of the molecule is CCC(C)n1c(CCC(C)C)ccc1C(=O)OC. The minimum atomic E-state index is -0.244. The molecule has 0 radical (unpaired) electrons. The van der Waals surface area contributed by atoms with Crippen molar-refractivity contribution in [1.29, 1.82) is 0 Å². The van der Waals surface area contributed by atoms with Crippen LogP contribution in [0.3, 0.4) is 0 Å². The summed E-state index contributed by atoms with van der Waals surface area (Å²) in [6.45, 7) is 8.72. The fourth-order valence-electron chi connectivity index (χ4n) is 2.10. The highest BCUT2D eigenvalue weighted by molar-refractivity contribution is 5.87. The van der Waals surface area contributed by atoms with Gasteiger partial charge in [0.2, 0.25) is 0 Å². The Morgan fingerprint density at radius 2 is 2.00 bits per heavy atom. The molecule has 0 N–H and O–H groups in total. The third kappa shape index (κ3) is 3.37. The maximum atomic E-state index is 11.8. The van der Waals surface area contributed by atoms with Crippen LogP contribution in [-0.4, -0.2) is 17.6 Å². The van der Waals surface area contributed by atoms with Gasteiger partial charge in [0, 0.05) is 11.7 Å². The number of nitrogens with zero attached hydrogens (tertiary/aromatic N) is 1. The molecule has 0 amide bonds. The van der Waals surface area contributed by atoms with E-state index >= 15 is 0 Å². The number of hydrogen-bond acceptors (Lipinski definition) is 2. The number of rotatable bonds is 6. The molecule has 0 fully saturated rings. The van der Waals surface area contributed by atoms with Gasteiger partial charge in [-0.05, 0) is 44.2 Å². The van der Waals surface area contributed by atoms with Gasteiger partial charge < -0.3 is 9.30 Å². The van der Waals surface area contributed by atoms with E-state index in [-0.39, 0.29) is 5.97 Å². The van der Waals surface area contributed by atoms with Crippen LogP contribution < -0.4 is 0 Å². The van der Waals surface area contributed by atoms with Crippen LogP contribution in [0, 0.1) is 5.92 Å². The molecule has 0 bridgehead atoms. The van der Waals surface area contributed by atoms with Crippen molar-refractivity contribution in [2.75, 3.05) is 7.11 Å². The molecule has 1 atom stereocenters. The third-order valence-electron chi connectivity index (χ3n) is 3.41. The molecule has 3 nitrogen and oxygen atoms in total. The van der Waals surface area contributed by atoms with E-state index in [1.165, 1.54) is 12.8 Å². The summed E-state index contributed by atoms with van der Waals surface area (Å²) in [7, 11) is 1.43. The number of aryl methyl sites for hydroxylation is 1. The van der Waals surface area contributed by atoms with Crippen LogP contribution in [0.5, 0.6) is 0 Å². The van der Waals surface area contributed by atoms with Gasteiger partial charge >= 0.3 is 5.97 Å². The van der Waals surface area contributed by atoms with Crippen LogP contribution in [0.2, 0.25) is 0 Å². The molecule has 0 aliphatic carbocycles. The molecule has 1 heterocycles. The molecule has 102 valence electrons. The lowest BCUT2D eigenvalue weighted by molar-refractivity contribution is 0.0585. The largest absolute Gasteiger partial charge is 0.464 e. The molecule has 0 aliphatic heterocycles. The Kier molecular flexibility index (Phi) is 5.45. The van der Waals surface area contributed by atoms with E-state index in [0.29, 0.717) is 17.7 Å². The molecule has 3 heteroatoms. The van der Waals surface area contributed by atoms with Gasteiger partial charge in [-0.1, -0.05) is 20.8 Å². The monoisotopic (exact) mass is 251 g/mol. The van der Waals surface area contributed by atoms with E-state index in [2.05, 4.69) is 38.3 Å². The summed E-state index contributed by atoms with van der Waals surface area (Å²) in [4.78, 5) is 11.8. The molecule has 0 aromatic carbocycles. The number of methoxy groups -OCH3 is 1. The summed E-state index contributed by atoms with van der Waals surface area (Å²) in [6.07, 6.45) is 3.16. The molecule has 0 saturated heterocycles. The summed E-state index contributed by atoms with van der Waals surface area (Å²) >= 11 is 0. The van der Waals surface area contributed by atoms with Crippen molar-refractivity contribution in [3.63, 3.8) is 0 Å². The smallest absolute Gasteiger partial charge is 0.354 e. The van der Waals surface area contributed by atoms with E-state index in [0.717, 1.165) is 19.3 Å². The highest BCUT2D eigenvalue weighted by Gasteiger charge is 2.18. The van der Waals surface area contributed by atoms with Crippen LogP contribution in [0.25, 0.3) is 0 Å². The Balaban J connectivity index is 3.03. The summed E-state index contributed by atoms with van der Waals surface area (Å²) in [6, 6.07) is 4.27. The average molecular weight is 251 g/mol. The Bertz CT molecular complexity index is 393. The second kappa shape index (κ2) is 6.62. The zero-order valence-corrected chi connectivity index (χ0v) is 12.2. The van der Waals surface area contributed by atoms with Crippen LogP contribution in [0.4, 0.5) is 0 Å². The zero-order valence-electron chi connectivity index (χ0n) is 12.2. The second-order valence-electron chi connectivity index (χ2n) is 5.26. The van der Waals surface area contributed by atoms with Crippen LogP contribution in [0.15, 0.2) is 12.1 Å².